The molecule has 6 nitrogen and oxygen atoms in total. The van der Waals surface area contributed by atoms with Crippen LogP contribution in [0.4, 0.5) is 0 Å². The minimum absolute atomic E-state index is 0.0989. The summed E-state index contributed by atoms with van der Waals surface area (Å²) >= 11 is 0. The second kappa shape index (κ2) is 69.6. The molecule has 0 saturated heterocycles. The fourth-order valence-electron chi connectivity index (χ4n) is 9.86. The van der Waals surface area contributed by atoms with Crippen LogP contribution in [0.2, 0.25) is 0 Å². The molecule has 0 N–H and O–H groups in total. The number of carbonyl (C=O) groups excluding carboxylic acids is 3. The van der Waals surface area contributed by atoms with Crippen LogP contribution in [0.1, 0.15) is 335 Å². The van der Waals surface area contributed by atoms with Crippen LogP contribution >= 0.6 is 0 Å². The summed E-state index contributed by atoms with van der Waals surface area (Å²) in [6.45, 7) is 6.38. The molecule has 0 bridgehead atoms. The summed E-state index contributed by atoms with van der Waals surface area (Å²) in [5, 5.41) is 0. The van der Waals surface area contributed by atoms with E-state index in [1.807, 2.05) is 6.08 Å². The van der Waals surface area contributed by atoms with Gasteiger partial charge in [0.05, 0.1) is 0 Å². The van der Waals surface area contributed by atoms with E-state index in [2.05, 4.69) is 124 Å². The lowest BCUT2D eigenvalue weighted by atomic mass is 10.0. The Morgan fingerprint density at radius 3 is 0.829 bits per heavy atom. The minimum Gasteiger partial charge on any atom is -0.462 e. The van der Waals surface area contributed by atoms with Crippen molar-refractivity contribution in [3.05, 3.63) is 109 Å². The molecule has 0 aliphatic rings. The average Bonchev–Trinajstić information content (AvgIpc) is 3.47. The molecule has 0 aromatic carbocycles. The summed E-state index contributed by atoms with van der Waals surface area (Å²) in [5.41, 5.74) is 0. The second-order valence-corrected chi connectivity index (χ2v) is 23.0. The smallest absolute Gasteiger partial charge is 0.306 e. The van der Waals surface area contributed by atoms with Crippen molar-refractivity contribution in [3.63, 3.8) is 0 Å². The second-order valence-electron chi connectivity index (χ2n) is 23.0. The first kappa shape index (κ1) is 78.1. The average molecular weight is 1140 g/mol. The van der Waals surface area contributed by atoms with Crippen molar-refractivity contribution in [2.24, 2.45) is 0 Å². The van der Waals surface area contributed by atoms with Crippen molar-refractivity contribution >= 4 is 17.9 Å². The van der Waals surface area contributed by atoms with Gasteiger partial charge in [0, 0.05) is 19.3 Å². The van der Waals surface area contributed by atoms with Gasteiger partial charge in [-0.25, -0.2) is 0 Å². The normalized spacial score (nSPS) is 12.8. The quantitative estimate of drug-likeness (QED) is 0.0261. The fourth-order valence-corrected chi connectivity index (χ4v) is 9.86. The van der Waals surface area contributed by atoms with Crippen molar-refractivity contribution in [2.45, 2.75) is 341 Å². The third-order valence-electron chi connectivity index (χ3n) is 15.0. The Hall–Kier alpha value is -3.93. The number of rotatable bonds is 63. The van der Waals surface area contributed by atoms with Crippen LogP contribution in [-0.2, 0) is 28.6 Å². The number of allylic oxidation sites excluding steroid dienone is 18. The molecule has 1 atom stereocenters. The van der Waals surface area contributed by atoms with Crippen LogP contribution in [0.15, 0.2) is 109 Å². The van der Waals surface area contributed by atoms with Crippen molar-refractivity contribution in [1.82, 2.24) is 0 Å². The Kier molecular flexibility index (Phi) is 66.2. The van der Waals surface area contributed by atoms with Crippen molar-refractivity contribution in [2.75, 3.05) is 13.2 Å². The summed E-state index contributed by atoms with van der Waals surface area (Å²) in [6.07, 6.45) is 95.8. The highest BCUT2D eigenvalue weighted by Crippen LogP contribution is 2.17. The number of esters is 3. The summed E-state index contributed by atoms with van der Waals surface area (Å²) in [4.78, 5) is 38.3. The van der Waals surface area contributed by atoms with Crippen LogP contribution in [0.3, 0.4) is 0 Å². The van der Waals surface area contributed by atoms with Crippen LogP contribution in [0.5, 0.6) is 0 Å². The molecule has 470 valence electrons. The van der Waals surface area contributed by atoms with Gasteiger partial charge in [-0.2, -0.15) is 0 Å². The summed E-state index contributed by atoms with van der Waals surface area (Å²) in [6, 6.07) is 0. The highest BCUT2D eigenvalue weighted by atomic mass is 16.6. The fraction of sp³-hybridized carbons (Fsp3) is 0.724. The van der Waals surface area contributed by atoms with Crippen molar-refractivity contribution in [1.29, 1.82) is 0 Å². The van der Waals surface area contributed by atoms with Crippen LogP contribution in [0.25, 0.3) is 0 Å². The maximum atomic E-state index is 12.9. The third kappa shape index (κ3) is 66.9. The van der Waals surface area contributed by atoms with Crippen molar-refractivity contribution in [3.8, 4) is 0 Å². The molecular formula is C76H130O6. The predicted molar refractivity (Wildman–Crippen MR) is 357 cm³/mol. The van der Waals surface area contributed by atoms with E-state index in [1.54, 1.807) is 0 Å². The number of hydrogen-bond donors (Lipinski definition) is 0. The van der Waals surface area contributed by atoms with Gasteiger partial charge >= 0.3 is 17.9 Å². The molecule has 1 unspecified atom stereocenters. The Labute approximate surface area is 508 Å². The van der Waals surface area contributed by atoms with E-state index in [0.717, 1.165) is 89.9 Å². The first-order valence-corrected chi connectivity index (χ1v) is 34.9. The highest BCUT2D eigenvalue weighted by Gasteiger charge is 2.19. The lowest BCUT2D eigenvalue weighted by Gasteiger charge is -2.18. The number of hydrogen-bond acceptors (Lipinski definition) is 6. The molecule has 6 heteroatoms. The van der Waals surface area contributed by atoms with Crippen LogP contribution < -0.4 is 0 Å². The third-order valence-corrected chi connectivity index (χ3v) is 15.0. The molecule has 0 spiro atoms. The van der Waals surface area contributed by atoms with Gasteiger partial charge in [0.25, 0.3) is 0 Å². The van der Waals surface area contributed by atoms with Gasteiger partial charge < -0.3 is 14.2 Å². The van der Waals surface area contributed by atoms with Crippen LogP contribution in [0, 0.1) is 0 Å². The maximum Gasteiger partial charge on any atom is 0.306 e. The highest BCUT2D eigenvalue weighted by molar-refractivity contribution is 5.71. The standard InChI is InChI=1S/C76H130O6/c1-4-7-10-13-16-19-22-25-27-29-31-32-33-34-35-36-37-38-39-40-41-42-43-44-45-47-48-51-54-57-60-63-66-69-75(78)81-72-73(71-80-74(77)68-65-62-59-56-53-50-24-21-18-15-12-9-6-3)82-76(79)70-67-64-61-58-55-52-49-46-30-28-26-23-20-17-14-11-8-5-2/h7,9-10,12,16,18-19,21,25,27-28,30-32,50,53,59,62,73H,4-6,8,11,13-15,17,20,22-24,26,29,33-49,51-52,54-58,60-61,63-72H2,1-3H3/b10-7-,12-9-,19-16-,21-18-,27-25-,30-28-,32-31-,53-50-,62-59-. The molecule has 0 aromatic rings. The first-order valence-electron chi connectivity index (χ1n) is 34.9. The van der Waals surface area contributed by atoms with E-state index in [1.165, 1.54) is 199 Å². The number of unbranched alkanes of at least 4 members (excludes halogenated alkanes) is 34. The molecular weight excluding hydrogens is 1010 g/mol. The van der Waals surface area contributed by atoms with Crippen molar-refractivity contribution < 1.29 is 28.6 Å². The molecule has 0 heterocycles. The molecule has 0 aliphatic carbocycles. The summed E-state index contributed by atoms with van der Waals surface area (Å²) < 4.78 is 16.9. The molecule has 0 amide bonds. The number of carbonyl (C=O) groups is 3. The SMILES string of the molecule is CC/C=C\C/C=C\C/C=C\C/C=C\CCCCCCCCCCCCCCCCCCCCCCC(=O)OCC(COC(=O)CC/C=C\C/C=C\C/C=C\C/C=C\CC)OC(=O)CCCCCCCCC/C=C\CCCCCCCCC. The predicted octanol–water partition coefficient (Wildman–Crippen LogP) is 24.2. The van der Waals surface area contributed by atoms with Gasteiger partial charge in [-0.15, -0.1) is 0 Å². The van der Waals surface area contributed by atoms with Gasteiger partial charge in [-0.05, 0) is 109 Å². The largest absolute Gasteiger partial charge is 0.462 e. The minimum atomic E-state index is -0.809. The Morgan fingerprint density at radius 2 is 0.500 bits per heavy atom. The monoisotopic (exact) mass is 1140 g/mol. The first-order chi connectivity index (χ1) is 40.5. The van der Waals surface area contributed by atoms with E-state index in [0.29, 0.717) is 19.3 Å². The molecule has 82 heavy (non-hydrogen) atoms. The van der Waals surface area contributed by atoms with E-state index in [4.69, 9.17) is 14.2 Å². The van der Waals surface area contributed by atoms with E-state index in [-0.39, 0.29) is 37.5 Å². The Bertz CT molecular complexity index is 1640. The van der Waals surface area contributed by atoms with E-state index in [9.17, 15) is 14.4 Å². The zero-order valence-electron chi connectivity index (χ0n) is 54.0. The zero-order valence-corrected chi connectivity index (χ0v) is 54.0. The van der Waals surface area contributed by atoms with Gasteiger partial charge in [0.15, 0.2) is 6.10 Å². The maximum absolute atomic E-state index is 12.9. The topological polar surface area (TPSA) is 78.9 Å². The molecule has 0 radical (unpaired) electrons. The molecule has 0 fully saturated rings. The number of ether oxygens (including phenoxy) is 3. The molecule has 0 rings (SSSR count). The van der Waals surface area contributed by atoms with Gasteiger partial charge in [-0.1, -0.05) is 316 Å². The van der Waals surface area contributed by atoms with Gasteiger partial charge in [0.2, 0.25) is 0 Å². The Morgan fingerprint density at radius 1 is 0.256 bits per heavy atom. The summed E-state index contributed by atoms with van der Waals surface area (Å²) in [7, 11) is 0. The summed E-state index contributed by atoms with van der Waals surface area (Å²) in [5.74, 6) is -0.975. The molecule has 0 aliphatic heterocycles. The molecule has 0 saturated carbocycles. The lowest BCUT2D eigenvalue weighted by Crippen LogP contribution is -2.30. The van der Waals surface area contributed by atoms with Gasteiger partial charge in [-0.3, -0.25) is 14.4 Å². The van der Waals surface area contributed by atoms with E-state index >= 15 is 0 Å². The van der Waals surface area contributed by atoms with Crippen LogP contribution in [-0.4, -0.2) is 37.2 Å². The lowest BCUT2D eigenvalue weighted by molar-refractivity contribution is -0.166. The zero-order chi connectivity index (χ0) is 59.2. The Balaban J connectivity index is 4.20. The van der Waals surface area contributed by atoms with E-state index < -0.39 is 6.10 Å². The van der Waals surface area contributed by atoms with Gasteiger partial charge in [0.1, 0.15) is 13.2 Å². The molecule has 0 aromatic heterocycles.